The van der Waals surface area contributed by atoms with Crippen molar-refractivity contribution in [3.8, 4) is 17.2 Å². The molecular weight excluding hydrogens is 565 g/mol. The van der Waals surface area contributed by atoms with Gasteiger partial charge in [-0.3, -0.25) is 14.5 Å². The first kappa shape index (κ1) is 29.0. The number of alkyl halides is 3. The first-order valence-electron chi connectivity index (χ1n) is 11.9. The Balaban J connectivity index is 1.48. The van der Waals surface area contributed by atoms with Crippen molar-refractivity contribution in [2.24, 2.45) is 0 Å². The summed E-state index contributed by atoms with van der Waals surface area (Å²) in [6.07, 6.45) is -2.99. The lowest BCUT2D eigenvalue weighted by Crippen LogP contribution is -2.27. The van der Waals surface area contributed by atoms with E-state index in [0.29, 0.717) is 35.1 Å². The summed E-state index contributed by atoms with van der Waals surface area (Å²) in [5, 5.41) is 2.72. The van der Waals surface area contributed by atoms with E-state index in [-0.39, 0.29) is 21.5 Å². The molecule has 3 aromatic carbocycles. The largest absolute Gasteiger partial charge is 0.497 e. The Hall–Kier alpha value is -4.03. The van der Waals surface area contributed by atoms with Gasteiger partial charge in [-0.1, -0.05) is 42.2 Å². The summed E-state index contributed by atoms with van der Waals surface area (Å²) in [5.74, 6) is 0.328. The van der Waals surface area contributed by atoms with Gasteiger partial charge in [0.2, 0.25) is 0 Å². The quantitative estimate of drug-likeness (QED) is 0.225. The number of anilines is 2. The molecule has 1 aliphatic heterocycles. The SMILES string of the molecule is CCOc1cc(/C=C2\SC(=S)N(c3cccc(C(F)(F)F)c3)C2=O)ccc1OCC(=O)Nc1cccc(OC)c1. The Morgan fingerprint density at radius 2 is 1.82 bits per heavy atom. The summed E-state index contributed by atoms with van der Waals surface area (Å²) in [6, 6.07) is 16.2. The maximum absolute atomic E-state index is 13.2. The van der Waals surface area contributed by atoms with Crippen LogP contribution in [0.25, 0.3) is 6.08 Å². The number of carbonyl (C=O) groups is 2. The van der Waals surface area contributed by atoms with Crippen molar-refractivity contribution in [2.45, 2.75) is 13.1 Å². The lowest BCUT2D eigenvalue weighted by molar-refractivity contribution is -0.137. The summed E-state index contributed by atoms with van der Waals surface area (Å²) < 4.78 is 56.1. The molecule has 4 rings (SSSR count). The van der Waals surface area contributed by atoms with Crippen LogP contribution in [0.5, 0.6) is 17.2 Å². The van der Waals surface area contributed by atoms with Gasteiger partial charge in [-0.05, 0) is 61.0 Å². The lowest BCUT2D eigenvalue weighted by Gasteiger charge is -2.16. The van der Waals surface area contributed by atoms with Crippen LogP contribution in [0.4, 0.5) is 24.5 Å². The Kier molecular flexibility index (Phi) is 9.00. The van der Waals surface area contributed by atoms with E-state index in [9.17, 15) is 22.8 Å². The molecule has 2 amide bonds. The molecule has 1 aliphatic rings. The number of thiocarbonyl (C=S) groups is 1. The lowest BCUT2D eigenvalue weighted by atomic mass is 10.1. The number of rotatable bonds is 9. The van der Waals surface area contributed by atoms with Crippen LogP contribution >= 0.6 is 24.0 Å². The molecule has 1 saturated heterocycles. The van der Waals surface area contributed by atoms with E-state index in [2.05, 4.69) is 5.32 Å². The Bertz CT molecular complexity index is 1480. The molecule has 0 aromatic heterocycles. The third-order valence-corrected chi connectivity index (χ3v) is 6.81. The van der Waals surface area contributed by atoms with E-state index >= 15 is 0 Å². The topological polar surface area (TPSA) is 77.1 Å². The highest BCUT2D eigenvalue weighted by atomic mass is 32.2. The number of hydrogen-bond acceptors (Lipinski definition) is 7. The summed E-state index contributed by atoms with van der Waals surface area (Å²) in [4.78, 5) is 26.8. The number of nitrogens with zero attached hydrogens (tertiary/aromatic N) is 1. The Morgan fingerprint density at radius 3 is 2.55 bits per heavy atom. The number of nitrogens with one attached hydrogen (secondary N) is 1. The normalized spacial score (nSPS) is 14.4. The fourth-order valence-corrected chi connectivity index (χ4v) is 5.01. The monoisotopic (exact) mass is 588 g/mol. The molecule has 1 heterocycles. The van der Waals surface area contributed by atoms with Crippen molar-refractivity contribution < 1.29 is 37.0 Å². The molecule has 40 heavy (non-hydrogen) atoms. The second kappa shape index (κ2) is 12.4. The van der Waals surface area contributed by atoms with Gasteiger partial charge in [-0.25, -0.2) is 0 Å². The number of amides is 2. The van der Waals surface area contributed by atoms with Crippen molar-refractivity contribution in [2.75, 3.05) is 30.5 Å². The van der Waals surface area contributed by atoms with Crippen molar-refractivity contribution >= 4 is 57.6 Å². The number of thioether (sulfide) groups is 1. The molecule has 0 atom stereocenters. The van der Waals surface area contributed by atoms with Gasteiger partial charge in [0.05, 0.1) is 29.9 Å². The van der Waals surface area contributed by atoms with Crippen LogP contribution in [0, 0.1) is 0 Å². The van der Waals surface area contributed by atoms with Crippen LogP contribution in [0.15, 0.2) is 71.6 Å². The zero-order valence-corrected chi connectivity index (χ0v) is 22.9. The fourth-order valence-electron chi connectivity index (χ4n) is 3.71. The molecule has 0 radical (unpaired) electrons. The molecule has 0 bridgehead atoms. The second-order valence-electron chi connectivity index (χ2n) is 8.27. The minimum absolute atomic E-state index is 0.0340. The number of benzene rings is 3. The van der Waals surface area contributed by atoms with Crippen LogP contribution in [-0.2, 0) is 15.8 Å². The molecule has 0 saturated carbocycles. The number of carbonyl (C=O) groups excluding carboxylic acids is 2. The average Bonchev–Trinajstić information content (AvgIpc) is 3.20. The smallest absolute Gasteiger partial charge is 0.416 e. The third-order valence-electron chi connectivity index (χ3n) is 5.50. The molecule has 0 spiro atoms. The van der Waals surface area contributed by atoms with Gasteiger partial charge in [-0.2, -0.15) is 13.2 Å². The number of ether oxygens (including phenoxy) is 3. The van der Waals surface area contributed by atoms with E-state index in [0.717, 1.165) is 28.8 Å². The predicted molar refractivity (Wildman–Crippen MR) is 152 cm³/mol. The van der Waals surface area contributed by atoms with E-state index < -0.39 is 23.6 Å². The van der Waals surface area contributed by atoms with Crippen molar-refractivity contribution in [1.82, 2.24) is 0 Å². The summed E-state index contributed by atoms with van der Waals surface area (Å²) in [5.41, 5.74) is 0.279. The van der Waals surface area contributed by atoms with Gasteiger partial charge < -0.3 is 19.5 Å². The van der Waals surface area contributed by atoms with Crippen molar-refractivity contribution in [1.29, 1.82) is 0 Å². The summed E-state index contributed by atoms with van der Waals surface area (Å²) >= 11 is 6.27. The maximum Gasteiger partial charge on any atom is 0.416 e. The summed E-state index contributed by atoms with van der Waals surface area (Å²) in [7, 11) is 1.53. The fraction of sp³-hybridized carbons (Fsp3) is 0.179. The zero-order valence-electron chi connectivity index (χ0n) is 21.3. The van der Waals surface area contributed by atoms with Gasteiger partial charge in [0.15, 0.2) is 22.4 Å². The highest BCUT2D eigenvalue weighted by Crippen LogP contribution is 2.39. The number of halogens is 3. The molecule has 3 aromatic rings. The van der Waals surface area contributed by atoms with Crippen LogP contribution in [-0.4, -0.2) is 36.5 Å². The minimum atomic E-state index is -4.55. The zero-order chi connectivity index (χ0) is 28.9. The Labute approximate surface area is 237 Å². The molecular formula is C28H23F3N2O5S2. The Morgan fingerprint density at radius 1 is 1.05 bits per heavy atom. The predicted octanol–water partition coefficient (Wildman–Crippen LogP) is 6.54. The third kappa shape index (κ3) is 6.93. The minimum Gasteiger partial charge on any atom is -0.497 e. The van der Waals surface area contributed by atoms with E-state index in [1.54, 1.807) is 55.5 Å². The van der Waals surface area contributed by atoms with Crippen LogP contribution < -0.4 is 24.4 Å². The van der Waals surface area contributed by atoms with Gasteiger partial charge in [0, 0.05) is 11.8 Å². The first-order valence-corrected chi connectivity index (χ1v) is 13.1. The average molecular weight is 589 g/mol. The molecule has 0 unspecified atom stereocenters. The van der Waals surface area contributed by atoms with E-state index in [1.807, 2.05) is 0 Å². The van der Waals surface area contributed by atoms with Crippen LogP contribution in [0.1, 0.15) is 18.1 Å². The van der Waals surface area contributed by atoms with Gasteiger partial charge in [-0.15, -0.1) is 0 Å². The van der Waals surface area contributed by atoms with Gasteiger partial charge >= 0.3 is 6.18 Å². The molecule has 12 heteroatoms. The summed E-state index contributed by atoms with van der Waals surface area (Å²) in [6.45, 7) is 1.81. The molecule has 1 fully saturated rings. The number of methoxy groups -OCH3 is 1. The second-order valence-corrected chi connectivity index (χ2v) is 9.95. The van der Waals surface area contributed by atoms with Crippen LogP contribution in [0.2, 0.25) is 0 Å². The van der Waals surface area contributed by atoms with Crippen LogP contribution in [0.3, 0.4) is 0 Å². The highest BCUT2D eigenvalue weighted by molar-refractivity contribution is 8.27. The molecule has 208 valence electrons. The van der Waals surface area contributed by atoms with E-state index in [1.165, 1.54) is 19.2 Å². The number of hydrogen-bond donors (Lipinski definition) is 1. The molecule has 1 N–H and O–H groups in total. The molecule has 0 aliphatic carbocycles. The van der Waals surface area contributed by atoms with Gasteiger partial charge in [0.25, 0.3) is 11.8 Å². The maximum atomic E-state index is 13.2. The van der Waals surface area contributed by atoms with E-state index in [4.69, 9.17) is 26.4 Å². The van der Waals surface area contributed by atoms with Crippen molar-refractivity contribution in [3.05, 3.63) is 82.8 Å². The first-order chi connectivity index (χ1) is 19.1. The van der Waals surface area contributed by atoms with Crippen molar-refractivity contribution in [3.63, 3.8) is 0 Å². The standard InChI is InChI=1S/C28H23F3N2O5S2/c1-3-37-23-12-17(10-11-22(23)38-16-25(34)32-19-7-5-9-21(15-19)36-2)13-24-26(35)33(27(39)40-24)20-8-4-6-18(14-20)28(29,30)31/h4-15H,3,16H2,1-2H3,(H,32,34)/b24-13-. The van der Waals surface area contributed by atoms with Gasteiger partial charge in [0.1, 0.15) is 5.75 Å². The highest BCUT2D eigenvalue weighted by Gasteiger charge is 2.36. The molecule has 7 nitrogen and oxygen atoms in total.